The van der Waals surface area contributed by atoms with Gasteiger partial charge >= 0.3 is 5.97 Å². The van der Waals surface area contributed by atoms with Crippen LogP contribution in [-0.4, -0.2) is 36.0 Å². The molecule has 3 N–H and O–H groups in total. The summed E-state index contributed by atoms with van der Waals surface area (Å²) < 4.78 is 4.43. The third-order valence-electron chi connectivity index (χ3n) is 1.26. The average Bonchev–Trinajstić information content (AvgIpc) is 2.10. The third-order valence-corrected chi connectivity index (χ3v) is 2.04. The normalized spacial score (nSPS) is 11.6. The molecule has 0 aromatic heterocycles. The summed E-state index contributed by atoms with van der Waals surface area (Å²) >= 11 is 0.748. The molecule has 0 aromatic rings. The SMILES string of the molecule is COC(=O)[C@H](CSC(N)=O)NC(C)=O. The van der Waals surface area contributed by atoms with E-state index in [0.29, 0.717) is 0 Å². The highest BCUT2D eigenvalue weighted by Crippen LogP contribution is 2.03. The van der Waals surface area contributed by atoms with Crippen LogP contribution >= 0.6 is 11.8 Å². The minimum absolute atomic E-state index is 0.0710. The maximum Gasteiger partial charge on any atom is 0.329 e. The molecule has 0 bridgehead atoms. The molecular weight excluding hydrogens is 208 g/mol. The molecule has 0 radical (unpaired) electrons. The highest BCUT2D eigenvalue weighted by molar-refractivity contribution is 8.13. The van der Waals surface area contributed by atoms with E-state index in [-0.39, 0.29) is 11.7 Å². The lowest BCUT2D eigenvalue weighted by Crippen LogP contribution is -2.42. The number of primary amides is 1. The third kappa shape index (κ3) is 5.41. The van der Waals surface area contributed by atoms with Crippen LogP contribution in [-0.2, 0) is 14.3 Å². The van der Waals surface area contributed by atoms with Gasteiger partial charge < -0.3 is 15.8 Å². The number of esters is 1. The first kappa shape index (κ1) is 12.8. The van der Waals surface area contributed by atoms with Crippen molar-refractivity contribution in [1.82, 2.24) is 5.32 Å². The number of nitrogens with two attached hydrogens (primary N) is 1. The Kier molecular flexibility index (Phi) is 5.70. The van der Waals surface area contributed by atoms with Crippen LogP contribution < -0.4 is 11.1 Å². The topological polar surface area (TPSA) is 98.5 Å². The molecule has 0 unspecified atom stereocenters. The molecule has 0 fully saturated rings. The number of nitrogens with one attached hydrogen (secondary N) is 1. The zero-order valence-electron chi connectivity index (χ0n) is 7.90. The van der Waals surface area contributed by atoms with Crippen molar-refractivity contribution in [2.45, 2.75) is 13.0 Å². The lowest BCUT2D eigenvalue weighted by Gasteiger charge is -2.13. The van der Waals surface area contributed by atoms with Gasteiger partial charge in [0.15, 0.2) is 0 Å². The predicted octanol–water partition coefficient (Wildman–Crippen LogP) is -0.524. The molecule has 0 rings (SSSR count). The van der Waals surface area contributed by atoms with Crippen LogP contribution in [0.3, 0.4) is 0 Å². The van der Waals surface area contributed by atoms with Crippen molar-refractivity contribution >= 4 is 28.9 Å². The van der Waals surface area contributed by atoms with Crippen LogP contribution in [0, 0.1) is 0 Å². The smallest absolute Gasteiger partial charge is 0.329 e. The Labute approximate surface area is 85.5 Å². The Bertz CT molecular complexity index is 244. The predicted molar refractivity (Wildman–Crippen MR) is 51.7 cm³/mol. The van der Waals surface area contributed by atoms with Gasteiger partial charge in [-0.05, 0) is 0 Å². The van der Waals surface area contributed by atoms with Crippen molar-refractivity contribution in [3.05, 3.63) is 0 Å². The van der Waals surface area contributed by atoms with Crippen molar-refractivity contribution in [3.8, 4) is 0 Å². The fourth-order valence-corrected chi connectivity index (χ4v) is 1.27. The fourth-order valence-electron chi connectivity index (χ4n) is 0.722. The Hall–Kier alpha value is -1.24. The summed E-state index contributed by atoms with van der Waals surface area (Å²) in [6.07, 6.45) is 0. The average molecular weight is 220 g/mol. The van der Waals surface area contributed by atoms with Crippen molar-refractivity contribution in [2.24, 2.45) is 5.73 Å². The molecule has 0 heterocycles. The number of amides is 2. The summed E-state index contributed by atoms with van der Waals surface area (Å²) in [5.41, 5.74) is 4.87. The quantitative estimate of drug-likeness (QED) is 0.621. The number of hydrogen-bond donors (Lipinski definition) is 2. The molecule has 0 spiro atoms. The summed E-state index contributed by atoms with van der Waals surface area (Å²) in [5.74, 6) is -0.902. The summed E-state index contributed by atoms with van der Waals surface area (Å²) in [7, 11) is 1.20. The van der Waals surface area contributed by atoms with Gasteiger partial charge in [0.2, 0.25) is 5.91 Å². The van der Waals surface area contributed by atoms with Crippen molar-refractivity contribution < 1.29 is 19.1 Å². The zero-order chi connectivity index (χ0) is 11.1. The second kappa shape index (κ2) is 6.25. The van der Waals surface area contributed by atoms with Gasteiger partial charge in [-0.3, -0.25) is 9.59 Å². The van der Waals surface area contributed by atoms with Crippen molar-refractivity contribution in [1.29, 1.82) is 0 Å². The van der Waals surface area contributed by atoms with E-state index in [1.165, 1.54) is 14.0 Å². The van der Waals surface area contributed by atoms with Gasteiger partial charge in [0, 0.05) is 12.7 Å². The number of carbonyl (C=O) groups excluding carboxylic acids is 3. The number of rotatable bonds is 4. The second-order valence-corrected chi connectivity index (χ2v) is 3.43. The fraction of sp³-hybridized carbons (Fsp3) is 0.571. The molecular formula is C7H12N2O4S. The van der Waals surface area contributed by atoms with E-state index in [1.54, 1.807) is 0 Å². The van der Waals surface area contributed by atoms with Crippen LogP contribution in [0.5, 0.6) is 0 Å². The maximum atomic E-state index is 11.1. The van der Waals surface area contributed by atoms with E-state index >= 15 is 0 Å². The van der Waals surface area contributed by atoms with Crippen LogP contribution in [0.1, 0.15) is 6.92 Å². The Morgan fingerprint density at radius 2 is 2.07 bits per heavy atom. The van der Waals surface area contributed by atoms with E-state index < -0.39 is 17.3 Å². The van der Waals surface area contributed by atoms with Crippen LogP contribution in [0.4, 0.5) is 4.79 Å². The largest absolute Gasteiger partial charge is 0.467 e. The molecule has 0 aliphatic carbocycles. The summed E-state index contributed by atoms with van der Waals surface area (Å²) in [5, 5.41) is 1.74. The monoisotopic (exact) mass is 220 g/mol. The Morgan fingerprint density at radius 1 is 1.50 bits per heavy atom. The summed E-state index contributed by atoms with van der Waals surface area (Å²) in [6, 6.07) is -0.838. The standard InChI is InChI=1S/C7H12N2O4S/c1-4(10)9-5(6(11)13-2)3-14-7(8)12/h5H,3H2,1-2H3,(H2,8,12)(H,9,10)/t5-/m0/s1. The van der Waals surface area contributed by atoms with Gasteiger partial charge in [-0.25, -0.2) is 4.79 Å². The molecule has 1 atom stereocenters. The van der Waals surface area contributed by atoms with E-state index in [0.717, 1.165) is 11.8 Å². The molecule has 7 heteroatoms. The van der Waals surface area contributed by atoms with Crippen LogP contribution in [0.25, 0.3) is 0 Å². The number of hydrogen-bond acceptors (Lipinski definition) is 5. The molecule has 0 aliphatic heterocycles. The second-order valence-electron chi connectivity index (χ2n) is 2.41. The first-order chi connectivity index (χ1) is 6.47. The van der Waals surface area contributed by atoms with Crippen molar-refractivity contribution in [2.75, 3.05) is 12.9 Å². The lowest BCUT2D eigenvalue weighted by atomic mass is 10.3. The van der Waals surface area contributed by atoms with E-state index in [9.17, 15) is 14.4 Å². The number of ether oxygens (including phenoxy) is 1. The minimum Gasteiger partial charge on any atom is -0.467 e. The highest BCUT2D eigenvalue weighted by Gasteiger charge is 2.20. The first-order valence-corrected chi connectivity index (χ1v) is 4.73. The van der Waals surface area contributed by atoms with E-state index in [4.69, 9.17) is 5.73 Å². The Balaban J connectivity index is 4.17. The van der Waals surface area contributed by atoms with E-state index in [2.05, 4.69) is 10.1 Å². The zero-order valence-corrected chi connectivity index (χ0v) is 8.72. The van der Waals surface area contributed by atoms with Gasteiger partial charge in [0.25, 0.3) is 5.24 Å². The number of carbonyl (C=O) groups is 3. The van der Waals surface area contributed by atoms with Crippen LogP contribution in [0.2, 0.25) is 0 Å². The molecule has 0 saturated carbocycles. The summed E-state index contributed by atoms with van der Waals surface area (Å²) in [4.78, 5) is 32.2. The van der Waals surface area contributed by atoms with Crippen molar-refractivity contribution in [3.63, 3.8) is 0 Å². The van der Waals surface area contributed by atoms with Gasteiger partial charge in [-0.15, -0.1) is 0 Å². The molecule has 80 valence electrons. The van der Waals surface area contributed by atoms with Crippen LogP contribution in [0.15, 0.2) is 0 Å². The molecule has 0 saturated heterocycles. The highest BCUT2D eigenvalue weighted by atomic mass is 32.2. The molecule has 6 nitrogen and oxygen atoms in total. The summed E-state index contributed by atoms with van der Waals surface area (Å²) in [6.45, 7) is 1.27. The Morgan fingerprint density at radius 3 is 2.43 bits per heavy atom. The number of thioether (sulfide) groups is 1. The molecule has 0 aromatic carbocycles. The number of methoxy groups -OCH3 is 1. The van der Waals surface area contributed by atoms with Gasteiger partial charge in [-0.2, -0.15) is 0 Å². The van der Waals surface area contributed by atoms with Gasteiger partial charge in [0.05, 0.1) is 7.11 Å². The minimum atomic E-state index is -0.838. The van der Waals surface area contributed by atoms with Gasteiger partial charge in [-0.1, -0.05) is 11.8 Å². The molecule has 2 amide bonds. The molecule has 0 aliphatic rings. The van der Waals surface area contributed by atoms with E-state index in [1.807, 2.05) is 0 Å². The lowest BCUT2D eigenvalue weighted by molar-refractivity contribution is -0.144. The molecule has 14 heavy (non-hydrogen) atoms. The maximum absolute atomic E-state index is 11.1. The van der Waals surface area contributed by atoms with Gasteiger partial charge in [0.1, 0.15) is 6.04 Å². The first-order valence-electron chi connectivity index (χ1n) is 3.74.